The summed E-state index contributed by atoms with van der Waals surface area (Å²) in [6, 6.07) is 5.98. The Hall–Kier alpha value is -2.63. The summed E-state index contributed by atoms with van der Waals surface area (Å²) in [6.45, 7) is 0. The molecule has 2 heterocycles. The maximum Gasteiger partial charge on any atom is 0.197 e. The summed E-state index contributed by atoms with van der Waals surface area (Å²) in [4.78, 5) is 12.1. The Kier molecular flexibility index (Phi) is 2.56. The minimum Gasteiger partial charge on any atom is -0.288 e. The van der Waals surface area contributed by atoms with Gasteiger partial charge in [0.1, 0.15) is 18.0 Å². The van der Waals surface area contributed by atoms with E-state index in [9.17, 15) is 13.6 Å². The minimum absolute atomic E-state index is 0.172. The van der Waals surface area contributed by atoms with Crippen LogP contribution in [0.15, 0.2) is 42.9 Å². The van der Waals surface area contributed by atoms with Gasteiger partial charge in [-0.25, -0.2) is 8.78 Å². The molecule has 0 aliphatic carbocycles. The van der Waals surface area contributed by atoms with Crippen molar-refractivity contribution in [3.05, 3.63) is 65.6 Å². The maximum absolute atomic E-state index is 13.5. The second-order valence-corrected chi connectivity index (χ2v) is 3.97. The first-order valence-electron chi connectivity index (χ1n) is 5.44. The van der Waals surface area contributed by atoms with Gasteiger partial charge in [0.15, 0.2) is 11.4 Å². The molecular formula is C13H7F2N3O. The fourth-order valence-electron chi connectivity index (χ4n) is 1.79. The number of nitrogens with zero attached hydrogens (tertiary/aromatic N) is 3. The highest BCUT2D eigenvalue weighted by Crippen LogP contribution is 2.15. The third-order valence-corrected chi connectivity index (χ3v) is 2.73. The van der Waals surface area contributed by atoms with Crippen molar-refractivity contribution in [2.45, 2.75) is 0 Å². The third kappa shape index (κ3) is 1.97. The van der Waals surface area contributed by atoms with Crippen LogP contribution in [-0.2, 0) is 0 Å². The predicted molar refractivity (Wildman–Crippen MR) is 62.8 cm³/mol. The van der Waals surface area contributed by atoms with Crippen molar-refractivity contribution in [3.63, 3.8) is 0 Å². The zero-order valence-electron chi connectivity index (χ0n) is 9.55. The zero-order valence-corrected chi connectivity index (χ0v) is 9.55. The van der Waals surface area contributed by atoms with Crippen molar-refractivity contribution in [1.82, 2.24) is 14.6 Å². The molecule has 4 nitrogen and oxygen atoms in total. The van der Waals surface area contributed by atoms with E-state index in [-0.39, 0.29) is 11.1 Å². The van der Waals surface area contributed by atoms with Crippen molar-refractivity contribution in [3.8, 4) is 0 Å². The number of carbonyl (C=O) groups excluding carboxylic acids is 1. The quantitative estimate of drug-likeness (QED) is 0.663. The van der Waals surface area contributed by atoms with Crippen LogP contribution in [0.25, 0.3) is 5.65 Å². The normalized spacial score (nSPS) is 10.8. The Morgan fingerprint density at radius 3 is 2.79 bits per heavy atom. The van der Waals surface area contributed by atoms with Crippen LogP contribution >= 0.6 is 0 Å². The van der Waals surface area contributed by atoms with Gasteiger partial charge in [-0.05, 0) is 24.3 Å². The van der Waals surface area contributed by atoms with Crippen LogP contribution in [0, 0.1) is 11.6 Å². The molecule has 6 heteroatoms. The number of rotatable bonds is 2. The molecule has 0 bridgehead atoms. The lowest BCUT2D eigenvalue weighted by Crippen LogP contribution is -2.05. The average Bonchev–Trinajstić information content (AvgIpc) is 2.85. The predicted octanol–water partition coefficient (Wildman–Crippen LogP) is 2.24. The number of aromatic nitrogens is 3. The number of fused-ring (bicyclic) bond motifs is 1. The average molecular weight is 259 g/mol. The fraction of sp³-hybridized carbons (Fsp3) is 0. The Bertz CT molecular complexity index is 782. The molecule has 19 heavy (non-hydrogen) atoms. The van der Waals surface area contributed by atoms with Gasteiger partial charge in [-0.2, -0.15) is 0 Å². The van der Waals surface area contributed by atoms with E-state index in [1.54, 1.807) is 10.5 Å². The highest BCUT2D eigenvalue weighted by atomic mass is 19.1. The highest BCUT2D eigenvalue weighted by molar-refractivity contribution is 6.09. The summed E-state index contributed by atoms with van der Waals surface area (Å²) < 4.78 is 27.9. The van der Waals surface area contributed by atoms with Gasteiger partial charge in [0.25, 0.3) is 0 Å². The Morgan fingerprint density at radius 1 is 1.16 bits per heavy atom. The van der Waals surface area contributed by atoms with Gasteiger partial charge in [-0.1, -0.05) is 0 Å². The van der Waals surface area contributed by atoms with Gasteiger partial charge in [0, 0.05) is 17.8 Å². The summed E-state index contributed by atoms with van der Waals surface area (Å²) >= 11 is 0. The standard InChI is InChI=1S/C13H7F2N3O/c14-9-2-3-10(11(15)5-9)13(19)8-1-4-12-17-16-7-18(12)6-8/h1-7H. The van der Waals surface area contributed by atoms with Crippen molar-refractivity contribution in [1.29, 1.82) is 0 Å². The zero-order chi connectivity index (χ0) is 13.4. The van der Waals surface area contributed by atoms with Crippen molar-refractivity contribution in [2.24, 2.45) is 0 Å². The number of benzene rings is 1. The lowest BCUT2D eigenvalue weighted by Gasteiger charge is -2.03. The summed E-state index contributed by atoms with van der Waals surface area (Å²) in [5.41, 5.74) is 0.683. The Balaban J connectivity index is 2.07. The molecule has 3 rings (SSSR count). The first-order valence-corrected chi connectivity index (χ1v) is 5.44. The second-order valence-electron chi connectivity index (χ2n) is 3.97. The van der Waals surface area contributed by atoms with Crippen LogP contribution < -0.4 is 0 Å². The number of hydrogen-bond donors (Lipinski definition) is 0. The first-order chi connectivity index (χ1) is 9.15. The van der Waals surface area contributed by atoms with Crippen LogP contribution in [0.3, 0.4) is 0 Å². The summed E-state index contributed by atoms with van der Waals surface area (Å²) in [5, 5.41) is 7.48. The SMILES string of the molecule is O=C(c1ccc2nncn2c1)c1ccc(F)cc1F. The maximum atomic E-state index is 13.5. The molecule has 0 radical (unpaired) electrons. The fourth-order valence-corrected chi connectivity index (χ4v) is 1.79. The molecule has 1 aromatic carbocycles. The van der Waals surface area contributed by atoms with E-state index in [0.29, 0.717) is 11.7 Å². The lowest BCUT2D eigenvalue weighted by molar-refractivity contribution is 0.103. The molecule has 0 aliphatic heterocycles. The van der Waals surface area contributed by atoms with Gasteiger partial charge in [-0.15, -0.1) is 10.2 Å². The van der Waals surface area contributed by atoms with E-state index in [4.69, 9.17) is 0 Å². The Labute approximate surface area is 106 Å². The van der Waals surface area contributed by atoms with Crippen molar-refractivity contribution in [2.75, 3.05) is 0 Å². The molecule has 0 amide bonds. The van der Waals surface area contributed by atoms with Crippen LogP contribution in [0.2, 0.25) is 0 Å². The summed E-state index contributed by atoms with van der Waals surface area (Å²) in [5.74, 6) is -2.12. The molecule has 94 valence electrons. The molecule has 2 aromatic heterocycles. The summed E-state index contributed by atoms with van der Waals surface area (Å²) in [6.07, 6.45) is 2.94. The minimum atomic E-state index is -0.881. The smallest absolute Gasteiger partial charge is 0.197 e. The van der Waals surface area contributed by atoms with E-state index in [1.807, 2.05) is 0 Å². The van der Waals surface area contributed by atoms with Crippen molar-refractivity contribution < 1.29 is 13.6 Å². The van der Waals surface area contributed by atoms with Gasteiger partial charge in [-0.3, -0.25) is 9.20 Å². The highest BCUT2D eigenvalue weighted by Gasteiger charge is 2.15. The van der Waals surface area contributed by atoms with Crippen LogP contribution in [0.4, 0.5) is 8.78 Å². The van der Waals surface area contributed by atoms with Crippen LogP contribution in [0.1, 0.15) is 15.9 Å². The molecule has 0 unspecified atom stereocenters. The number of halogens is 2. The molecule has 0 spiro atoms. The third-order valence-electron chi connectivity index (χ3n) is 2.73. The van der Waals surface area contributed by atoms with E-state index < -0.39 is 17.4 Å². The molecule has 0 saturated carbocycles. The largest absolute Gasteiger partial charge is 0.288 e. The molecule has 3 aromatic rings. The van der Waals surface area contributed by atoms with Gasteiger partial charge in [0.05, 0.1) is 5.56 Å². The van der Waals surface area contributed by atoms with Gasteiger partial charge < -0.3 is 0 Å². The van der Waals surface area contributed by atoms with Gasteiger partial charge in [0.2, 0.25) is 0 Å². The topological polar surface area (TPSA) is 47.3 Å². The molecule has 0 N–H and O–H groups in total. The Morgan fingerprint density at radius 2 is 2.00 bits per heavy atom. The lowest BCUT2D eigenvalue weighted by atomic mass is 10.0. The number of ketones is 1. The van der Waals surface area contributed by atoms with Gasteiger partial charge >= 0.3 is 0 Å². The second kappa shape index (κ2) is 4.24. The first kappa shape index (κ1) is 11.5. The molecule has 0 saturated heterocycles. The number of hydrogen-bond acceptors (Lipinski definition) is 3. The number of pyridine rings is 1. The molecular weight excluding hydrogens is 252 g/mol. The van der Waals surface area contributed by atoms with E-state index in [1.165, 1.54) is 18.6 Å². The molecule has 0 aliphatic rings. The molecule has 0 atom stereocenters. The van der Waals surface area contributed by atoms with E-state index >= 15 is 0 Å². The van der Waals surface area contributed by atoms with E-state index in [2.05, 4.69) is 10.2 Å². The van der Waals surface area contributed by atoms with E-state index in [0.717, 1.165) is 12.1 Å². The molecule has 0 fully saturated rings. The summed E-state index contributed by atoms with van der Waals surface area (Å²) in [7, 11) is 0. The van der Waals surface area contributed by atoms with Crippen LogP contribution in [-0.4, -0.2) is 20.4 Å². The van der Waals surface area contributed by atoms with Crippen LogP contribution in [0.5, 0.6) is 0 Å². The van der Waals surface area contributed by atoms with Crippen molar-refractivity contribution >= 4 is 11.4 Å². The monoisotopic (exact) mass is 259 g/mol. The number of carbonyl (C=O) groups is 1.